The van der Waals surface area contributed by atoms with Gasteiger partial charge >= 0.3 is 12.0 Å². The van der Waals surface area contributed by atoms with Crippen LogP contribution in [0.15, 0.2) is 18.2 Å². The zero-order chi connectivity index (χ0) is 15.6. The molecule has 0 radical (unpaired) electrons. The van der Waals surface area contributed by atoms with Gasteiger partial charge in [0.1, 0.15) is 12.3 Å². The van der Waals surface area contributed by atoms with Crippen molar-refractivity contribution in [1.82, 2.24) is 9.80 Å². The number of benzene rings is 1. The van der Waals surface area contributed by atoms with Crippen LogP contribution >= 0.6 is 0 Å². The van der Waals surface area contributed by atoms with Crippen molar-refractivity contribution in [2.45, 2.75) is 0 Å². The van der Waals surface area contributed by atoms with E-state index in [-0.39, 0.29) is 29.5 Å². The first-order chi connectivity index (χ1) is 9.88. The molecule has 1 aliphatic rings. The van der Waals surface area contributed by atoms with Crippen molar-refractivity contribution in [3.8, 4) is 5.75 Å². The number of nitrogens with one attached hydrogen (secondary N) is 1. The molecule has 8 nitrogen and oxygen atoms in total. The zero-order valence-corrected chi connectivity index (χ0v) is 11.4. The summed E-state index contributed by atoms with van der Waals surface area (Å²) in [7, 11) is 1.65. The van der Waals surface area contributed by atoms with Crippen molar-refractivity contribution in [3.63, 3.8) is 0 Å². The Bertz CT molecular complexity index is 601. The predicted octanol–water partition coefficient (Wildman–Crippen LogP) is 0.396. The lowest BCUT2D eigenvalue weighted by molar-refractivity contribution is -0.133. The third-order valence-corrected chi connectivity index (χ3v) is 3.22. The molecule has 21 heavy (non-hydrogen) atoms. The molecular formula is C13H15N3O5. The van der Waals surface area contributed by atoms with Crippen molar-refractivity contribution in [2.24, 2.45) is 0 Å². The maximum atomic E-state index is 12.1. The van der Waals surface area contributed by atoms with Gasteiger partial charge in [-0.15, -0.1) is 0 Å². The van der Waals surface area contributed by atoms with Gasteiger partial charge in [0.05, 0.1) is 11.3 Å². The van der Waals surface area contributed by atoms with Crippen LogP contribution in [0, 0.1) is 0 Å². The van der Waals surface area contributed by atoms with Gasteiger partial charge in [0.15, 0.2) is 0 Å². The van der Waals surface area contributed by atoms with Crippen LogP contribution in [0.1, 0.15) is 10.4 Å². The minimum Gasteiger partial charge on any atom is -0.508 e. The van der Waals surface area contributed by atoms with Gasteiger partial charge in [-0.05, 0) is 18.2 Å². The first-order valence-electron chi connectivity index (χ1n) is 6.24. The number of aromatic hydroxyl groups is 1. The van der Waals surface area contributed by atoms with E-state index in [0.717, 1.165) is 6.07 Å². The summed E-state index contributed by atoms with van der Waals surface area (Å²) in [4.78, 5) is 37.5. The maximum Gasteiger partial charge on any atom is 0.337 e. The molecule has 2 rings (SSSR count). The minimum atomic E-state index is -1.27. The van der Waals surface area contributed by atoms with Crippen molar-refractivity contribution < 1.29 is 24.6 Å². The number of carboxylic acid groups (broad SMARTS) is 1. The highest BCUT2D eigenvalue weighted by Gasteiger charge is 2.25. The molecule has 0 bridgehead atoms. The van der Waals surface area contributed by atoms with E-state index in [1.807, 2.05) is 0 Å². The summed E-state index contributed by atoms with van der Waals surface area (Å²) in [5.41, 5.74) is -0.152. The maximum absolute atomic E-state index is 12.1. The number of carboxylic acids is 1. The molecule has 3 amide bonds. The van der Waals surface area contributed by atoms with Crippen molar-refractivity contribution in [1.29, 1.82) is 0 Å². The lowest BCUT2D eigenvalue weighted by Crippen LogP contribution is -2.51. The molecule has 1 saturated heterocycles. The Hall–Kier alpha value is -2.77. The number of likely N-dealkylation sites (N-methyl/N-ethyl adjacent to an activating group) is 1. The first-order valence-corrected chi connectivity index (χ1v) is 6.24. The number of carbonyl (C=O) groups excluding carboxylic acids is 2. The largest absolute Gasteiger partial charge is 0.508 e. The standard InChI is InChI=1S/C13H15N3O5/c1-15-4-5-16(7-11(15)18)13(21)14-10-3-2-8(17)6-9(10)12(19)20/h2-3,6,17H,4-5,7H2,1H3,(H,14,21)(H,19,20). The van der Waals surface area contributed by atoms with Crippen LogP contribution in [0.4, 0.5) is 10.5 Å². The van der Waals surface area contributed by atoms with Gasteiger partial charge in [0, 0.05) is 20.1 Å². The Balaban J connectivity index is 2.13. The highest BCUT2D eigenvalue weighted by molar-refractivity contribution is 6.01. The first kappa shape index (κ1) is 14.6. The molecule has 0 saturated carbocycles. The van der Waals surface area contributed by atoms with Crippen LogP contribution in [0.2, 0.25) is 0 Å². The van der Waals surface area contributed by atoms with E-state index in [0.29, 0.717) is 13.1 Å². The molecule has 0 aliphatic carbocycles. The van der Waals surface area contributed by atoms with Crippen LogP contribution in [0.25, 0.3) is 0 Å². The Morgan fingerprint density at radius 2 is 2.00 bits per heavy atom. The third kappa shape index (κ3) is 3.22. The Labute approximate surface area is 120 Å². The number of anilines is 1. The zero-order valence-electron chi connectivity index (χ0n) is 11.4. The summed E-state index contributed by atoms with van der Waals surface area (Å²) >= 11 is 0. The van der Waals surface area contributed by atoms with E-state index in [2.05, 4.69) is 5.32 Å². The molecule has 1 heterocycles. The van der Waals surface area contributed by atoms with E-state index in [1.165, 1.54) is 21.9 Å². The number of hydrogen-bond donors (Lipinski definition) is 3. The summed E-state index contributed by atoms with van der Waals surface area (Å²) in [5.74, 6) is -1.66. The van der Waals surface area contributed by atoms with Crippen molar-refractivity contribution in [2.75, 3.05) is 32.0 Å². The van der Waals surface area contributed by atoms with Gasteiger partial charge < -0.3 is 25.3 Å². The lowest BCUT2D eigenvalue weighted by Gasteiger charge is -2.32. The molecule has 8 heteroatoms. The van der Waals surface area contributed by atoms with E-state index >= 15 is 0 Å². The number of amides is 3. The number of urea groups is 1. The van der Waals surface area contributed by atoms with Crippen molar-refractivity contribution in [3.05, 3.63) is 23.8 Å². The molecular weight excluding hydrogens is 278 g/mol. The van der Waals surface area contributed by atoms with E-state index in [1.54, 1.807) is 7.05 Å². The number of rotatable bonds is 2. The average Bonchev–Trinajstić information content (AvgIpc) is 2.43. The molecule has 1 fully saturated rings. The Kier molecular flexibility index (Phi) is 3.97. The van der Waals surface area contributed by atoms with Gasteiger partial charge in [-0.3, -0.25) is 4.79 Å². The van der Waals surface area contributed by atoms with E-state index in [9.17, 15) is 19.5 Å². The van der Waals surface area contributed by atoms with Gasteiger partial charge in [-0.2, -0.15) is 0 Å². The van der Waals surface area contributed by atoms with Gasteiger partial charge in [0.2, 0.25) is 5.91 Å². The molecule has 112 valence electrons. The minimum absolute atomic E-state index is 0.0528. The molecule has 0 unspecified atom stereocenters. The quantitative estimate of drug-likeness (QED) is 0.683. The van der Waals surface area contributed by atoms with Crippen LogP contribution < -0.4 is 5.32 Å². The highest BCUT2D eigenvalue weighted by atomic mass is 16.4. The van der Waals surface area contributed by atoms with Gasteiger partial charge in [-0.25, -0.2) is 9.59 Å². The van der Waals surface area contributed by atoms with Crippen LogP contribution in [0.3, 0.4) is 0 Å². The molecule has 1 aromatic carbocycles. The summed E-state index contributed by atoms with van der Waals surface area (Å²) in [5, 5.41) is 20.8. The van der Waals surface area contributed by atoms with Crippen LogP contribution in [-0.2, 0) is 4.79 Å². The second kappa shape index (κ2) is 5.70. The highest BCUT2D eigenvalue weighted by Crippen LogP contribution is 2.21. The topological polar surface area (TPSA) is 110 Å². The number of aromatic carboxylic acids is 1. The van der Waals surface area contributed by atoms with Crippen LogP contribution in [-0.4, -0.2) is 64.6 Å². The summed E-state index contributed by atoms with van der Waals surface area (Å²) in [6.07, 6.45) is 0. The number of phenolic OH excluding ortho intramolecular Hbond substituents is 1. The third-order valence-electron chi connectivity index (χ3n) is 3.22. The normalized spacial score (nSPS) is 15.0. The number of piperazine rings is 1. The van der Waals surface area contributed by atoms with Gasteiger partial charge in [0.25, 0.3) is 0 Å². The average molecular weight is 293 g/mol. The molecule has 3 N–H and O–H groups in total. The summed E-state index contributed by atoms with van der Waals surface area (Å²) in [6.45, 7) is 0.741. The fourth-order valence-electron chi connectivity index (χ4n) is 1.94. The lowest BCUT2D eigenvalue weighted by atomic mass is 10.1. The predicted molar refractivity (Wildman–Crippen MR) is 73.3 cm³/mol. The summed E-state index contributed by atoms with van der Waals surface area (Å²) in [6, 6.07) is 3.07. The van der Waals surface area contributed by atoms with E-state index in [4.69, 9.17) is 5.11 Å². The molecule has 1 aromatic rings. The smallest absolute Gasteiger partial charge is 0.337 e. The number of phenols is 1. The van der Waals surface area contributed by atoms with Crippen molar-refractivity contribution >= 4 is 23.6 Å². The second-order valence-electron chi connectivity index (χ2n) is 4.70. The second-order valence-corrected chi connectivity index (χ2v) is 4.70. The summed E-state index contributed by atoms with van der Waals surface area (Å²) < 4.78 is 0. The fraction of sp³-hybridized carbons (Fsp3) is 0.308. The van der Waals surface area contributed by atoms with Crippen LogP contribution in [0.5, 0.6) is 5.75 Å². The Morgan fingerprint density at radius 1 is 1.29 bits per heavy atom. The Morgan fingerprint density at radius 3 is 2.62 bits per heavy atom. The number of nitrogens with zero attached hydrogens (tertiary/aromatic N) is 2. The monoisotopic (exact) mass is 293 g/mol. The molecule has 0 aromatic heterocycles. The van der Waals surface area contributed by atoms with E-state index < -0.39 is 12.0 Å². The molecule has 0 atom stereocenters. The number of hydrogen-bond acceptors (Lipinski definition) is 4. The fourth-order valence-corrected chi connectivity index (χ4v) is 1.94. The SMILES string of the molecule is CN1CCN(C(=O)Nc2ccc(O)cc2C(=O)O)CC1=O. The number of carbonyl (C=O) groups is 3. The van der Waals surface area contributed by atoms with Gasteiger partial charge in [-0.1, -0.05) is 0 Å². The molecule has 0 spiro atoms. The molecule has 1 aliphatic heterocycles.